The fourth-order valence-corrected chi connectivity index (χ4v) is 0.552. The first-order valence-electron chi connectivity index (χ1n) is 4.61. The van der Waals surface area contributed by atoms with Gasteiger partial charge in [0.15, 0.2) is 0 Å². The molecule has 94 valence electrons. The van der Waals surface area contributed by atoms with Crippen LogP contribution in [0.15, 0.2) is 0 Å². The van der Waals surface area contributed by atoms with Gasteiger partial charge in [0.25, 0.3) is 0 Å². The molecule has 0 aliphatic rings. The zero-order valence-electron chi connectivity index (χ0n) is 8.92. The van der Waals surface area contributed by atoms with Crippen LogP contribution in [0.1, 0.15) is 32.6 Å². The zero-order valence-corrected chi connectivity index (χ0v) is 9.81. The van der Waals surface area contributed by atoms with Crippen molar-refractivity contribution in [3.05, 3.63) is 0 Å². The lowest BCUT2D eigenvalue weighted by Crippen LogP contribution is -2.07. The molecule has 0 aromatic rings. The average Bonchev–Trinajstić information content (AvgIpc) is 2.12. The second-order valence-corrected chi connectivity index (χ2v) is 3.45. The van der Waals surface area contributed by atoms with E-state index >= 15 is 0 Å². The lowest BCUT2D eigenvalue weighted by molar-refractivity contribution is -0.139. The summed E-state index contributed by atoms with van der Waals surface area (Å²) in [5.41, 5.74) is 0. The van der Waals surface area contributed by atoms with Crippen LogP contribution in [0.5, 0.6) is 0 Å². The highest BCUT2D eigenvalue weighted by atomic mass is 32.1. The monoisotopic (exact) mass is 252 g/mol. The van der Waals surface area contributed by atoms with E-state index in [9.17, 15) is 14.4 Å². The van der Waals surface area contributed by atoms with Crippen LogP contribution >= 0.6 is 12.6 Å². The van der Waals surface area contributed by atoms with Crippen LogP contribution in [0.4, 0.5) is 0 Å². The van der Waals surface area contributed by atoms with Gasteiger partial charge in [-0.05, 0) is 19.8 Å². The molecule has 7 heteroatoms. The standard InChI is InChI=1S/C6H10O4.C3H6O2S/c7-5(8)3-1-2-4-6(9)10;1-2(4)3(5)6/h1-4H2,(H,7,8)(H,9,10);2,4H,1H3,(H,5,6). The van der Waals surface area contributed by atoms with E-state index in [0.29, 0.717) is 12.8 Å². The maximum absolute atomic E-state index is 9.90. The SMILES string of the molecule is CC(O)C(=O)S.O=C(O)CCCCC(=O)O. The molecule has 0 aliphatic carbocycles. The summed E-state index contributed by atoms with van der Waals surface area (Å²) in [6.07, 6.45) is 0.0948. The molecule has 0 amide bonds. The maximum atomic E-state index is 9.90. The van der Waals surface area contributed by atoms with Crippen molar-refractivity contribution in [3.63, 3.8) is 0 Å². The Morgan fingerprint density at radius 3 is 1.44 bits per heavy atom. The number of unbranched alkanes of at least 4 members (excludes halogenated alkanes) is 1. The van der Waals surface area contributed by atoms with E-state index in [4.69, 9.17) is 15.3 Å². The van der Waals surface area contributed by atoms with Crippen LogP contribution < -0.4 is 0 Å². The Morgan fingerprint density at radius 2 is 1.31 bits per heavy atom. The molecule has 16 heavy (non-hydrogen) atoms. The van der Waals surface area contributed by atoms with E-state index in [2.05, 4.69) is 12.6 Å². The molecule has 3 N–H and O–H groups in total. The zero-order chi connectivity index (χ0) is 13.1. The quantitative estimate of drug-likeness (QED) is 0.405. The number of carbonyl (C=O) groups is 3. The van der Waals surface area contributed by atoms with Gasteiger partial charge in [-0.15, -0.1) is 12.6 Å². The normalized spacial score (nSPS) is 10.9. The Kier molecular flexibility index (Phi) is 11.3. The Morgan fingerprint density at radius 1 is 1.06 bits per heavy atom. The van der Waals surface area contributed by atoms with Gasteiger partial charge in [-0.2, -0.15) is 0 Å². The number of aliphatic hydroxyl groups excluding tert-OH is 1. The molecule has 6 nitrogen and oxygen atoms in total. The average molecular weight is 252 g/mol. The number of hydrogen-bond donors (Lipinski definition) is 4. The predicted octanol–water partition coefficient (Wildman–Crippen LogP) is 0.540. The molecule has 0 aliphatic heterocycles. The molecule has 0 saturated heterocycles. The molecule has 0 fully saturated rings. The molecule has 0 spiro atoms. The van der Waals surface area contributed by atoms with Crippen LogP contribution in [0, 0.1) is 0 Å². The number of rotatable bonds is 6. The summed E-state index contributed by atoms with van der Waals surface area (Å²) in [7, 11) is 0. The molecule has 0 heterocycles. The van der Waals surface area contributed by atoms with Crippen molar-refractivity contribution >= 4 is 29.7 Å². The molecular weight excluding hydrogens is 236 g/mol. The van der Waals surface area contributed by atoms with Crippen molar-refractivity contribution in [2.75, 3.05) is 0 Å². The highest BCUT2D eigenvalue weighted by Crippen LogP contribution is 1.98. The number of aliphatic hydroxyl groups is 1. The molecule has 0 aromatic carbocycles. The highest BCUT2D eigenvalue weighted by molar-refractivity contribution is 7.96. The molecular formula is C9H16O6S. The van der Waals surface area contributed by atoms with Gasteiger partial charge >= 0.3 is 11.9 Å². The number of carboxylic acids is 2. The maximum Gasteiger partial charge on any atom is 0.303 e. The fourth-order valence-electron chi connectivity index (χ4n) is 0.552. The molecule has 1 atom stereocenters. The summed E-state index contributed by atoms with van der Waals surface area (Å²) in [6, 6.07) is 0. The third-order valence-corrected chi connectivity index (χ3v) is 1.76. The summed E-state index contributed by atoms with van der Waals surface area (Å²) in [5.74, 6) is -1.74. The van der Waals surface area contributed by atoms with E-state index in [1.54, 1.807) is 0 Å². The minimum absolute atomic E-state index is 0.0628. The largest absolute Gasteiger partial charge is 0.481 e. The third kappa shape index (κ3) is 18.7. The van der Waals surface area contributed by atoms with Crippen LogP contribution in [-0.4, -0.2) is 38.5 Å². The van der Waals surface area contributed by atoms with Gasteiger partial charge in [-0.1, -0.05) is 0 Å². The van der Waals surface area contributed by atoms with Gasteiger partial charge in [0.1, 0.15) is 6.10 Å². The molecule has 0 rings (SSSR count). The van der Waals surface area contributed by atoms with Crippen molar-refractivity contribution < 1.29 is 29.7 Å². The van der Waals surface area contributed by atoms with Gasteiger partial charge in [0, 0.05) is 12.8 Å². The minimum atomic E-state index is -0.923. The summed E-state index contributed by atoms with van der Waals surface area (Å²) in [6.45, 7) is 1.37. The van der Waals surface area contributed by atoms with Crippen LogP contribution in [0.3, 0.4) is 0 Å². The smallest absolute Gasteiger partial charge is 0.303 e. The van der Waals surface area contributed by atoms with E-state index in [1.165, 1.54) is 6.92 Å². The lowest BCUT2D eigenvalue weighted by Gasteiger charge is -1.92. The topological polar surface area (TPSA) is 112 Å². The summed E-state index contributed by atoms with van der Waals surface area (Å²) < 4.78 is 0. The van der Waals surface area contributed by atoms with Crippen molar-refractivity contribution in [1.29, 1.82) is 0 Å². The summed E-state index contributed by atoms with van der Waals surface area (Å²) in [4.78, 5) is 29.6. The minimum Gasteiger partial charge on any atom is -0.481 e. The van der Waals surface area contributed by atoms with E-state index in [1.807, 2.05) is 0 Å². The van der Waals surface area contributed by atoms with Crippen molar-refractivity contribution in [3.8, 4) is 0 Å². The van der Waals surface area contributed by atoms with E-state index < -0.39 is 23.2 Å². The number of hydrogen-bond acceptors (Lipinski definition) is 4. The van der Waals surface area contributed by atoms with Gasteiger partial charge in [-0.3, -0.25) is 14.4 Å². The molecule has 0 radical (unpaired) electrons. The van der Waals surface area contributed by atoms with Crippen LogP contribution in [0.2, 0.25) is 0 Å². The van der Waals surface area contributed by atoms with Gasteiger partial charge < -0.3 is 15.3 Å². The predicted molar refractivity (Wildman–Crippen MR) is 59.4 cm³/mol. The van der Waals surface area contributed by atoms with Crippen LogP contribution in [0.25, 0.3) is 0 Å². The second-order valence-electron chi connectivity index (χ2n) is 3.01. The van der Waals surface area contributed by atoms with Crippen molar-refractivity contribution in [2.24, 2.45) is 0 Å². The van der Waals surface area contributed by atoms with E-state index in [0.717, 1.165) is 0 Å². The van der Waals surface area contributed by atoms with Gasteiger partial charge in [0.05, 0.1) is 0 Å². The summed E-state index contributed by atoms with van der Waals surface area (Å²) in [5, 5.41) is 24.0. The first-order chi connectivity index (χ1) is 7.27. The van der Waals surface area contributed by atoms with Crippen molar-refractivity contribution in [2.45, 2.75) is 38.7 Å². The van der Waals surface area contributed by atoms with Gasteiger partial charge in [-0.25, -0.2) is 0 Å². The molecule has 0 saturated carbocycles. The number of aliphatic carboxylic acids is 2. The molecule has 0 aromatic heterocycles. The number of carboxylic acid groups (broad SMARTS) is 2. The molecule has 0 bridgehead atoms. The lowest BCUT2D eigenvalue weighted by atomic mass is 10.2. The Bertz CT molecular complexity index is 222. The highest BCUT2D eigenvalue weighted by Gasteiger charge is 1.99. The Hall–Kier alpha value is -1.08. The number of thiol groups is 1. The van der Waals surface area contributed by atoms with Gasteiger partial charge in [0.2, 0.25) is 5.12 Å². The number of carbonyl (C=O) groups excluding carboxylic acids is 1. The van der Waals surface area contributed by atoms with Crippen molar-refractivity contribution in [1.82, 2.24) is 0 Å². The molecule has 1 unspecified atom stereocenters. The Labute approximate surface area is 98.7 Å². The first-order valence-corrected chi connectivity index (χ1v) is 5.06. The summed E-state index contributed by atoms with van der Waals surface area (Å²) >= 11 is 3.30. The first kappa shape index (κ1) is 17.3. The van der Waals surface area contributed by atoms with Crippen LogP contribution in [-0.2, 0) is 14.4 Å². The third-order valence-electron chi connectivity index (χ3n) is 1.39. The second kappa shape index (κ2) is 10.4. The Balaban J connectivity index is 0. The van der Waals surface area contributed by atoms with E-state index in [-0.39, 0.29) is 12.8 Å². The fraction of sp³-hybridized carbons (Fsp3) is 0.667.